The van der Waals surface area contributed by atoms with Crippen molar-refractivity contribution in [1.29, 1.82) is 5.26 Å². The van der Waals surface area contributed by atoms with Crippen LogP contribution >= 0.6 is 46.0 Å². The summed E-state index contributed by atoms with van der Waals surface area (Å²) < 4.78 is 30.4. The summed E-state index contributed by atoms with van der Waals surface area (Å²) in [6, 6.07) is 94.2. The Balaban J connectivity index is 0.000000224. The number of ether oxygens (including phenoxy) is 2. The number of rotatable bonds is 17. The number of allylic oxidation sites excluding steroid dienone is 2. The molecule has 0 atom stereocenters. The van der Waals surface area contributed by atoms with E-state index in [9.17, 15) is 83.7 Å². The second-order valence-electron chi connectivity index (χ2n) is 32.0. The van der Waals surface area contributed by atoms with Crippen LogP contribution in [-0.4, -0.2) is 80.4 Å². The van der Waals surface area contributed by atoms with E-state index in [0.717, 1.165) is 33.6 Å². The maximum Gasteiger partial charge on any atom is 0.341 e. The first kappa shape index (κ1) is 115. The average molecular weight is 2210 g/mol. The lowest BCUT2D eigenvalue weighted by atomic mass is 10.1. The Bertz CT molecular complexity index is 7470. The van der Waals surface area contributed by atoms with Crippen LogP contribution in [0.1, 0.15) is 120 Å². The number of nitro groups is 3. The van der Waals surface area contributed by atoms with Gasteiger partial charge in [-0.25, -0.2) is 4.79 Å². The summed E-state index contributed by atoms with van der Waals surface area (Å²) in [5.74, 6) is 2.41. The number of fused-ring (bicyclic) bond motifs is 4. The van der Waals surface area contributed by atoms with E-state index in [2.05, 4.69) is 171 Å². The number of para-hydroxylation sites is 3. The van der Waals surface area contributed by atoms with Crippen LogP contribution in [0.4, 0.5) is 17.1 Å². The van der Waals surface area contributed by atoms with Gasteiger partial charge in [0.2, 0.25) is 0 Å². The zero-order chi connectivity index (χ0) is 104. The van der Waals surface area contributed by atoms with Gasteiger partial charge in [-0.05, 0) is 207 Å². The number of benzene rings is 12. The average Bonchev–Trinajstić information content (AvgIpc) is 0.747. The van der Waals surface area contributed by atoms with E-state index >= 15 is 0 Å². The molecule has 0 aliphatic carbocycles. The number of alkyl halides is 2. The third kappa shape index (κ3) is 30.6. The number of nitriles is 1. The van der Waals surface area contributed by atoms with Crippen LogP contribution in [-0.2, 0) is 19.1 Å². The van der Waals surface area contributed by atoms with Gasteiger partial charge in [0.15, 0.2) is 39.4 Å². The van der Waals surface area contributed by atoms with Crippen LogP contribution < -0.4 is 83.3 Å². The van der Waals surface area contributed by atoms with Crippen molar-refractivity contribution >= 4 is 174 Å². The Labute approximate surface area is 857 Å². The number of aryl methyl sites for hydroxylation is 8. The highest BCUT2D eigenvalue weighted by Gasteiger charge is 2.40. The van der Waals surface area contributed by atoms with E-state index in [4.69, 9.17) is 33.4 Å². The predicted octanol–water partition coefficient (Wildman–Crippen LogP) is 18.4. The first-order valence-corrected chi connectivity index (χ1v) is 49.5. The summed E-state index contributed by atoms with van der Waals surface area (Å²) in [5.41, 5.74) is 9.02. The van der Waals surface area contributed by atoms with E-state index in [1.54, 1.807) is 111 Å². The lowest BCUT2D eigenvalue weighted by molar-refractivity contribution is -0.383. The van der Waals surface area contributed by atoms with Crippen molar-refractivity contribution < 1.29 is 100 Å². The number of carbonyl (C=O) groups is 5. The predicted molar refractivity (Wildman–Crippen MR) is 568 cm³/mol. The van der Waals surface area contributed by atoms with Crippen molar-refractivity contribution in [2.45, 2.75) is 99.3 Å². The van der Waals surface area contributed by atoms with E-state index in [1.807, 2.05) is 85.5 Å². The fourth-order valence-electron chi connectivity index (χ4n) is 14.3. The van der Waals surface area contributed by atoms with E-state index in [1.165, 1.54) is 85.4 Å². The Hall–Kier alpha value is -15.3. The number of ketones is 2. The van der Waals surface area contributed by atoms with Gasteiger partial charge in [-0.2, -0.15) is 5.26 Å². The maximum absolute atomic E-state index is 13.6. The molecule has 4 N–H and O–H groups in total. The first-order valence-electron chi connectivity index (χ1n) is 43.6. The molecule has 143 heavy (non-hydrogen) atoms. The number of halogens is 3. The highest BCUT2D eigenvalue weighted by molar-refractivity contribution is 9.24. The van der Waals surface area contributed by atoms with Gasteiger partial charge < -0.3 is 67.1 Å². The molecule has 0 fully saturated rings. The lowest BCUT2D eigenvalue weighted by Gasteiger charge is -2.28. The van der Waals surface area contributed by atoms with Crippen LogP contribution in [0.5, 0.6) is 11.5 Å². The zero-order valence-corrected chi connectivity index (χ0v) is 87.4. The van der Waals surface area contributed by atoms with Gasteiger partial charge in [0.05, 0.1) is 61.0 Å². The number of nitrogens with zero attached hydrogens (tertiary/aromatic N) is 4. The number of phenolic OH excluding ortho intramolecular Hbond substituents is 2. The van der Waals surface area contributed by atoms with E-state index in [-0.39, 0.29) is 130 Å². The molecule has 0 radical (unpaired) electrons. The Morgan fingerprint density at radius 3 is 1.21 bits per heavy atom. The molecule has 16 rings (SSSR count). The molecule has 0 aliphatic heterocycles. The molecular formula is C110H102Br2IN5O23P2. The molecule has 0 saturated carbocycles. The molecule has 4 aromatic heterocycles. The van der Waals surface area contributed by atoms with E-state index in [0.29, 0.717) is 79.4 Å². The minimum absolute atomic E-state index is 0. The standard InChI is InChI=1S/C27H23O2P.C19H18P.C11H7Br2NO4.C11H7NO5.C11H9NO4.C11H10O2.C9H10O3.C7H12O3.C4H6N2.HI/c1-21-12-11-19-25(27(21)29)26(28)20-30(22-13-5-2-6-14-22,23-15-7-3-8-16-23)24-17-9-4-10-18-24;1-20(17-11-5-2-6-12-17,18-13-7-3-8-14-18)19-15-9-4-10-16-19;1-5-4-8(15)9-7(14(16)17)3-2-6(11(12)13)10(9)18-5;1-6-4-9(14)10-8(12(15)16)3-2-7(5-13)11(10)17-6;1-6-3-4-8(12(14)15)10-9(13)5-7(2)16-11(6)10;1-7-4-3-5-9-10(12)6-8(2)13-11(7)9;1-6-4-3-5-7(8(6)10)9(11)12-2;1-5(2)10-7(9)4-6(3)8;1-4(6)2-3-5;/h2-20,29H,1H3;2-16H,1H3;2-4,11H,1H3;2-5H,1H3;3-5H,1-2H3;3-6H,1-2H3;3-5,10H,1-2H3;5H,4H2,1-3H3;2H,6H2,1H3;1H/q;+1;;;;;;;;/p-1/b;;;;;;;;4-2+;. The number of methoxy groups -OCH3 is 1. The third-order valence-electron chi connectivity index (χ3n) is 21.0. The number of esters is 2. The van der Waals surface area contributed by atoms with Crippen LogP contribution in [0.25, 0.3) is 43.9 Å². The second kappa shape index (κ2) is 54.5. The van der Waals surface area contributed by atoms with Gasteiger partial charge in [-0.15, -0.1) is 0 Å². The van der Waals surface area contributed by atoms with Gasteiger partial charge in [0.25, 0.3) is 17.1 Å². The van der Waals surface area contributed by atoms with Crippen LogP contribution in [0.15, 0.2) is 346 Å². The van der Waals surface area contributed by atoms with Gasteiger partial charge in [0, 0.05) is 59.8 Å². The molecule has 0 saturated heterocycles. The number of hydrogen-bond acceptors (Lipinski definition) is 25. The molecular weight excluding hydrogens is 2110 g/mol. The van der Waals surface area contributed by atoms with Gasteiger partial charge in [-0.1, -0.05) is 214 Å². The fourth-order valence-corrected chi connectivity index (χ4v) is 22.0. The normalized spacial score (nSPS) is 10.6. The number of nitrogens with two attached hydrogens (primary N) is 1. The molecule has 0 amide bonds. The van der Waals surface area contributed by atoms with Crippen LogP contribution in [0, 0.1) is 97.1 Å². The molecule has 0 spiro atoms. The number of non-ortho nitro benzene ring substituents is 3. The van der Waals surface area contributed by atoms with Gasteiger partial charge in [0.1, 0.15) is 108 Å². The molecule has 0 aliphatic rings. The van der Waals surface area contributed by atoms with Crippen LogP contribution in [0.2, 0.25) is 0 Å². The van der Waals surface area contributed by atoms with Crippen molar-refractivity contribution in [3.05, 3.63) is 448 Å². The number of Topliss-reactive ketones (excluding diaryl/α,β-unsaturated/α-hetero) is 2. The number of phenols is 2. The minimum atomic E-state index is -2.40. The Morgan fingerprint density at radius 1 is 0.476 bits per heavy atom. The molecule has 736 valence electrons. The summed E-state index contributed by atoms with van der Waals surface area (Å²) in [6.07, 6.45) is 1.54. The van der Waals surface area contributed by atoms with Crippen molar-refractivity contribution in [3.8, 4) is 17.6 Å². The second-order valence-corrected chi connectivity index (χ2v) is 41.9. The number of nitro benzene ring substituents is 3. The lowest BCUT2D eigenvalue weighted by Crippen LogP contribution is -3.00. The maximum atomic E-state index is 13.6. The van der Waals surface area contributed by atoms with Crippen molar-refractivity contribution in [3.63, 3.8) is 0 Å². The largest absolute Gasteiger partial charge is 1.00 e. The molecule has 28 nitrogen and oxygen atoms in total. The molecule has 12 aromatic carbocycles. The zero-order valence-electron chi connectivity index (χ0n) is 80.2. The number of hydrogen-bond donors (Lipinski definition) is 3. The quantitative estimate of drug-likeness (QED) is 0.00728. The Kier molecular flexibility index (Phi) is 43.7. The molecule has 4 heterocycles. The topological polar surface area (TPSA) is 444 Å². The third-order valence-corrected chi connectivity index (χ3v) is 30.0. The summed E-state index contributed by atoms with van der Waals surface area (Å²) in [5, 5.41) is 68.4. The number of aldehydes is 1. The Morgan fingerprint density at radius 2 is 0.825 bits per heavy atom. The summed E-state index contributed by atoms with van der Waals surface area (Å²) in [7, 11) is -0.245. The summed E-state index contributed by atoms with van der Waals surface area (Å²) >= 11 is 6.60. The highest BCUT2D eigenvalue weighted by Crippen LogP contribution is 2.51. The van der Waals surface area contributed by atoms with E-state index < -0.39 is 51.7 Å². The smallest absolute Gasteiger partial charge is 0.341 e. The molecule has 16 aromatic rings. The SMILES string of the molecule is C/C(N)=C\C#N.CC(=O)CC(=O)OC(C)C.COC(=O)c1cccc(C)c1O.C[P+](c1ccccc1)(c1ccccc1)c1ccccc1.Cc1cc(=O)c2c([N+](=O)[O-])ccc(C(Br)Br)c2o1.Cc1cc(=O)c2c([N+](=O)[O-])ccc(C)c2o1.Cc1cc(=O)c2c([N+](=O)[O-])ccc(C=O)c2o1.Cc1cc(=O)c2cccc(C)c2o1.Cc1cccc(C(=O)C=P(c2ccccc2)(c2ccccc2)c2ccccc2)c1O.[I-]. The molecule has 33 heteroatoms. The first-order chi connectivity index (χ1) is 67.5. The monoisotopic (exact) mass is 2210 g/mol. The van der Waals surface area contributed by atoms with Gasteiger partial charge >= 0.3 is 11.9 Å². The summed E-state index contributed by atoms with van der Waals surface area (Å²) in [6.45, 7) is 20.3. The van der Waals surface area contributed by atoms with Crippen LogP contribution in [0.3, 0.4) is 0 Å². The highest BCUT2D eigenvalue weighted by atomic mass is 127. The fraction of sp³-hybridized carbons (Fsp3) is 0.155. The number of aromatic hydroxyl groups is 2. The van der Waals surface area contributed by atoms with Crippen molar-refractivity contribution in [2.75, 3.05) is 13.8 Å². The van der Waals surface area contributed by atoms with Gasteiger partial charge in [-0.3, -0.25) is 68.7 Å². The molecule has 0 bridgehead atoms. The minimum Gasteiger partial charge on any atom is -1.00 e. The van der Waals surface area contributed by atoms with Crippen molar-refractivity contribution in [1.82, 2.24) is 0 Å². The number of carbonyl (C=O) groups excluding carboxylic acids is 5. The molecule has 0 unspecified atom stereocenters. The summed E-state index contributed by atoms with van der Waals surface area (Å²) in [4.78, 5) is 134. The van der Waals surface area contributed by atoms with Crippen molar-refractivity contribution in [2.24, 2.45) is 5.73 Å².